The van der Waals surface area contributed by atoms with Crippen LogP contribution in [0.2, 0.25) is 0 Å². The van der Waals surface area contributed by atoms with Gasteiger partial charge in [0.15, 0.2) is 9.84 Å². The largest absolute Gasteiger partial charge is 0.497 e. The van der Waals surface area contributed by atoms with E-state index in [0.717, 1.165) is 32.8 Å². The van der Waals surface area contributed by atoms with E-state index in [1.807, 2.05) is 49.4 Å². The van der Waals surface area contributed by atoms with E-state index in [1.54, 1.807) is 19.1 Å². The van der Waals surface area contributed by atoms with Crippen LogP contribution in [0.1, 0.15) is 13.3 Å². The fourth-order valence-electron chi connectivity index (χ4n) is 4.01. The number of methoxy groups -OCH3 is 1. The van der Waals surface area contributed by atoms with Gasteiger partial charge in [-0.1, -0.05) is 42.1 Å². The van der Waals surface area contributed by atoms with Gasteiger partial charge in [0.25, 0.3) is 0 Å². The quantitative estimate of drug-likeness (QED) is 0.506. The van der Waals surface area contributed by atoms with Crippen LogP contribution >= 0.6 is 11.8 Å². The molecule has 1 amide bonds. The van der Waals surface area contributed by atoms with Gasteiger partial charge in [0.05, 0.1) is 34.4 Å². The van der Waals surface area contributed by atoms with Gasteiger partial charge >= 0.3 is 0 Å². The van der Waals surface area contributed by atoms with Gasteiger partial charge in [-0.15, -0.1) is 0 Å². The molecule has 6 nitrogen and oxygen atoms in total. The number of hydrogen-bond acceptors (Lipinski definition) is 6. The van der Waals surface area contributed by atoms with Crippen LogP contribution in [0.5, 0.6) is 5.75 Å². The van der Waals surface area contributed by atoms with Crippen LogP contribution in [0.25, 0.3) is 22.0 Å². The lowest BCUT2D eigenvalue weighted by Gasteiger charge is -2.26. The summed E-state index contributed by atoms with van der Waals surface area (Å²) in [5, 5.41) is 1.34. The van der Waals surface area contributed by atoms with Crippen molar-refractivity contribution in [2.24, 2.45) is 0 Å². The zero-order valence-corrected chi connectivity index (χ0v) is 19.9. The summed E-state index contributed by atoms with van der Waals surface area (Å²) >= 11 is 1.38. The Balaban J connectivity index is 1.64. The number of hydrogen-bond donors (Lipinski definition) is 0. The summed E-state index contributed by atoms with van der Waals surface area (Å²) in [6.07, 6.45) is 0.494. The molecule has 0 saturated carbocycles. The summed E-state index contributed by atoms with van der Waals surface area (Å²) in [6, 6.07) is 17.6. The number of carbonyl (C=O) groups is 1. The van der Waals surface area contributed by atoms with Crippen molar-refractivity contribution < 1.29 is 17.9 Å². The molecule has 4 rings (SSSR count). The first-order chi connectivity index (χ1) is 15.3. The highest BCUT2D eigenvalue weighted by atomic mass is 32.2. The fourth-order valence-corrected chi connectivity index (χ4v) is 6.75. The average Bonchev–Trinajstić information content (AvgIpc) is 3.17. The number of nitrogens with zero attached hydrogens (tertiary/aromatic N) is 2. The number of fused-ring (bicyclic) bond motifs is 1. The number of rotatable bonds is 6. The van der Waals surface area contributed by atoms with Gasteiger partial charge in [0.2, 0.25) is 5.91 Å². The molecule has 1 aliphatic rings. The Bertz CT molecular complexity index is 1250. The van der Waals surface area contributed by atoms with Gasteiger partial charge in [-0.05, 0) is 42.7 Å². The van der Waals surface area contributed by atoms with Crippen molar-refractivity contribution in [3.05, 3.63) is 54.6 Å². The molecular weight excluding hydrogens is 444 g/mol. The molecule has 0 spiro atoms. The maximum absolute atomic E-state index is 13.0. The van der Waals surface area contributed by atoms with E-state index in [-0.39, 0.29) is 23.5 Å². The third kappa shape index (κ3) is 4.76. The Hall–Kier alpha value is -2.58. The molecule has 0 aliphatic carbocycles. The number of ether oxygens (including phenoxy) is 1. The van der Waals surface area contributed by atoms with E-state index in [4.69, 9.17) is 9.72 Å². The van der Waals surface area contributed by atoms with Crippen LogP contribution in [0.4, 0.5) is 0 Å². The summed E-state index contributed by atoms with van der Waals surface area (Å²) in [6.45, 7) is 1.84. The van der Waals surface area contributed by atoms with E-state index in [2.05, 4.69) is 12.1 Å². The van der Waals surface area contributed by atoms with Gasteiger partial charge in [0.1, 0.15) is 5.75 Å². The van der Waals surface area contributed by atoms with Crippen LogP contribution in [0.15, 0.2) is 59.6 Å². The van der Waals surface area contributed by atoms with Crippen LogP contribution in [0.3, 0.4) is 0 Å². The normalized spacial score (nSPS) is 18.4. The summed E-state index contributed by atoms with van der Waals surface area (Å²) in [7, 11) is 0.265. The predicted octanol–water partition coefficient (Wildman–Crippen LogP) is 4.04. The Morgan fingerprint density at radius 3 is 2.59 bits per heavy atom. The zero-order valence-electron chi connectivity index (χ0n) is 18.3. The number of amides is 1. The lowest BCUT2D eigenvalue weighted by molar-refractivity contribution is -0.130. The molecule has 3 aromatic rings. The van der Waals surface area contributed by atoms with Gasteiger partial charge in [0, 0.05) is 24.5 Å². The molecule has 0 unspecified atom stereocenters. The predicted molar refractivity (Wildman–Crippen MR) is 129 cm³/mol. The van der Waals surface area contributed by atoms with Crippen molar-refractivity contribution in [2.75, 3.05) is 25.7 Å². The van der Waals surface area contributed by atoms with Crippen molar-refractivity contribution in [1.29, 1.82) is 0 Å². The molecular formula is C24H26N2O4S2. The van der Waals surface area contributed by atoms with Crippen molar-refractivity contribution in [3.63, 3.8) is 0 Å². The second-order valence-corrected chi connectivity index (χ2v) is 11.6. The second kappa shape index (κ2) is 9.11. The number of benzene rings is 2. The molecule has 1 saturated heterocycles. The maximum Gasteiger partial charge on any atom is 0.235 e. The molecule has 1 aliphatic heterocycles. The Kier molecular flexibility index (Phi) is 6.44. The summed E-state index contributed by atoms with van der Waals surface area (Å²) in [5.74, 6) is 0.813. The average molecular weight is 471 g/mol. The standard InChI is InChI=1S/C24H26N2O4S2/c1-16(24(27)26(2)18-11-12-32(28,29)15-18)31-23-14-21(17-7-5-4-6-8-17)20-10-9-19(30-3)13-22(20)25-23/h4-10,13-14,16,18H,11-12,15H2,1-3H3/t16-,18+/m0/s1. The minimum atomic E-state index is -3.05. The van der Waals surface area contributed by atoms with E-state index >= 15 is 0 Å². The molecule has 2 atom stereocenters. The highest BCUT2D eigenvalue weighted by molar-refractivity contribution is 8.00. The lowest BCUT2D eigenvalue weighted by atomic mass is 10.0. The molecule has 1 fully saturated rings. The first kappa shape index (κ1) is 22.6. The molecule has 8 heteroatoms. The third-order valence-electron chi connectivity index (χ3n) is 5.83. The first-order valence-corrected chi connectivity index (χ1v) is 13.2. The number of thioether (sulfide) groups is 1. The van der Waals surface area contributed by atoms with Crippen LogP contribution in [0, 0.1) is 0 Å². The smallest absolute Gasteiger partial charge is 0.235 e. The molecule has 2 aromatic carbocycles. The Morgan fingerprint density at radius 1 is 1.19 bits per heavy atom. The topological polar surface area (TPSA) is 76.6 Å². The monoisotopic (exact) mass is 470 g/mol. The number of carbonyl (C=O) groups excluding carboxylic acids is 1. The van der Waals surface area contributed by atoms with Crippen LogP contribution in [-0.4, -0.2) is 61.2 Å². The van der Waals surface area contributed by atoms with Crippen molar-refractivity contribution in [1.82, 2.24) is 9.88 Å². The molecule has 0 bridgehead atoms. The number of sulfone groups is 1. The van der Waals surface area contributed by atoms with Gasteiger partial charge in [-0.3, -0.25) is 4.79 Å². The molecule has 2 heterocycles. The highest BCUT2D eigenvalue weighted by Gasteiger charge is 2.34. The van der Waals surface area contributed by atoms with Gasteiger partial charge < -0.3 is 9.64 Å². The minimum absolute atomic E-state index is 0.0405. The molecule has 0 N–H and O–H groups in total. The fraction of sp³-hybridized carbons (Fsp3) is 0.333. The van der Waals surface area contributed by atoms with E-state index in [1.165, 1.54) is 11.8 Å². The molecule has 0 radical (unpaired) electrons. The van der Waals surface area contributed by atoms with E-state index < -0.39 is 15.1 Å². The summed E-state index contributed by atoms with van der Waals surface area (Å²) in [5.41, 5.74) is 2.90. The van der Waals surface area contributed by atoms with Gasteiger partial charge in [-0.25, -0.2) is 13.4 Å². The second-order valence-electron chi connectivity index (χ2n) is 8.02. The molecule has 168 valence electrons. The SMILES string of the molecule is COc1ccc2c(-c3ccccc3)cc(S[C@@H](C)C(=O)N(C)[C@@H]3CCS(=O)(=O)C3)nc2c1. The molecule has 1 aromatic heterocycles. The van der Waals surface area contributed by atoms with Gasteiger partial charge in [-0.2, -0.15) is 0 Å². The molecule has 32 heavy (non-hydrogen) atoms. The van der Waals surface area contributed by atoms with Crippen molar-refractivity contribution in [3.8, 4) is 16.9 Å². The Morgan fingerprint density at radius 2 is 1.94 bits per heavy atom. The van der Waals surface area contributed by atoms with Crippen LogP contribution < -0.4 is 4.74 Å². The minimum Gasteiger partial charge on any atom is -0.497 e. The van der Waals surface area contributed by atoms with Crippen molar-refractivity contribution >= 4 is 38.4 Å². The van der Waals surface area contributed by atoms with Crippen LogP contribution in [-0.2, 0) is 14.6 Å². The first-order valence-electron chi connectivity index (χ1n) is 10.5. The number of aromatic nitrogens is 1. The zero-order chi connectivity index (χ0) is 22.9. The lowest BCUT2D eigenvalue weighted by Crippen LogP contribution is -2.41. The summed E-state index contributed by atoms with van der Waals surface area (Å²) < 4.78 is 29.0. The Labute approximate surface area is 192 Å². The third-order valence-corrected chi connectivity index (χ3v) is 8.58. The highest BCUT2D eigenvalue weighted by Crippen LogP contribution is 2.35. The van der Waals surface area contributed by atoms with Crippen molar-refractivity contribution in [2.45, 2.75) is 29.7 Å². The maximum atomic E-state index is 13.0. The van der Waals surface area contributed by atoms with E-state index in [0.29, 0.717) is 6.42 Å². The van der Waals surface area contributed by atoms with E-state index in [9.17, 15) is 13.2 Å². The summed E-state index contributed by atoms with van der Waals surface area (Å²) in [4.78, 5) is 19.4. The number of pyridine rings is 1.